The Morgan fingerprint density at radius 2 is 0.821 bits per heavy atom. The van der Waals surface area contributed by atoms with Gasteiger partial charge >= 0.3 is 0 Å². The van der Waals surface area contributed by atoms with Crippen molar-refractivity contribution in [1.82, 2.24) is 0 Å². The van der Waals surface area contributed by atoms with Gasteiger partial charge in [-0.15, -0.1) is 0 Å². The topological polar surface area (TPSA) is 40.1 Å². The van der Waals surface area contributed by atoms with Gasteiger partial charge in [0.15, 0.2) is 0 Å². The van der Waals surface area contributed by atoms with Gasteiger partial charge in [-0.1, -0.05) is 204 Å². The fourth-order valence-corrected chi connectivity index (χ4v) is 5.91. The molecule has 0 aliphatic rings. The zero-order valence-corrected chi connectivity index (χ0v) is 26.1. The lowest BCUT2D eigenvalue weighted by Crippen LogP contribution is -2.32. The van der Waals surface area contributed by atoms with Gasteiger partial charge in [-0.25, -0.2) is 0 Å². The molecular weight excluding hydrogens is 476 g/mol. The number of carbonyl (C=O) groups is 1. The van der Waals surface area contributed by atoms with Gasteiger partial charge in [0.05, 0.1) is 0 Å². The number of carboxylic acids is 1. The fraction of sp³-hybridized carbons (Fsp3) is 0.811. The minimum Gasteiger partial charge on any atom is -0.550 e. The van der Waals surface area contributed by atoms with Crippen molar-refractivity contribution in [1.29, 1.82) is 0 Å². The molecule has 0 spiro atoms. The maximum Gasteiger partial charge on any atom is 0.0448 e. The van der Waals surface area contributed by atoms with E-state index in [9.17, 15) is 9.90 Å². The lowest BCUT2D eigenvalue weighted by atomic mass is 9.93. The van der Waals surface area contributed by atoms with Crippen LogP contribution in [-0.2, 0) is 11.2 Å². The van der Waals surface area contributed by atoms with Gasteiger partial charge < -0.3 is 9.90 Å². The van der Waals surface area contributed by atoms with Gasteiger partial charge in [0.1, 0.15) is 0 Å². The highest BCUT2D eigenvalue weighted by molar-refractivity contribution is 5.68. The van der Waals surface area contributed by atoms with Crippen LogP contribution in [0.15, 0.2) is 30.3 Å². The van der Waals surface area contributed by atoms with E-state index < -0.39 is 5.97 Å². The molecule has 1 aromatic rings. The summed E-state index contributed by atoms with van der Waals surface area (Å²) in [6, 6.07) is 9.94. The summed E-state index contributed by atoms with van der Waals surface area (Å²) in [5, 5.41) is 11.5. The van der Waals surface area contributed by atoms with E-state index in [1.54, 1.807) is 0 Å². The fourth-order valence-electron chi connectivity index (χ4n) is 5.91. The number of aliphatic carboxylic acids is 1. The Kier molecular flexibility index (Phi) is 25.9. The summed E-state index contributed by atoms with van der Waals surface area (Å²) in [6.07, 6.45) is 37.6. The van der Waals surface area contributed by atoms with E-state index in [1.807, 2.05) is 30.3 Å². The van der Waals surface area contributed by atoms with E-state index in [1.165, 1.54) is 154 Å². The molecule has 0 N–H and O–H groups in total. The van der Waals surface area contributed by atoms with Gasteiger partial charge in [-0.3, -0.25) is 0 Å². The van der Waals surface area contributed by atoms with Crippen molar-refractivity contribution in [3.05, 3.63) is 35.9 Å². The van der Waals surface area contributed by atoms with Gasteiger partial charge in [-0.2, -0.15) is 0 Å². The molecule has 0 heterocycles. The van der Waals surface area contributed by atoms with E-state index in [-0.39, 0.29) is 5.92 Å². The van der Waals surface area contributed by atoms with Crippen molar-refractivity contribution < 1.29 is 9.90 Å². The van der Waals surface area contributed by atoms with Crippen LogP contribution in [0.3, 0.4) is 0 Å². The van der Waals surface area contributed by atoms with Crippen molar-refractivity contribution in [2.24, 2.45) is 5.92 Å². The van der Waals surface area contributed by atoms with Gasteiger partial charge in [-0.05, 0) is 18.4 Å². The van der Waals surface area contributed by atoms with Crippen LogP contribution in [0.2, 0.25) is 0 Å². The minimum atomic E-state index is -0.890. The number of unbranched alkanes of at least 4 members (excludes halogenated alkanes) is 25. The number of hydrogen-bond acceptors (Lipinski definition) is 2. The molecule has 2 heteroatoms. The third-order valence-electron chi connectivity index (χ3n) is 8.56. The van der Waals surface area contributed by atoms with E-state index >= 15 is 0 Å². The van der Waals surface area contributed by atoms with Crippen molar-refractivity contribution in [3.63, 3.8) is 0 Å². The van der Waals surface area contributed by atoms with Gasteiger partial charge in [0.2, 0.25) is 0 Å². The highest BCUT2D eigenvalue weighted by atomic mass is 16.4. The number of carbonyl (C=O) groups excluding carboxylic acids is 1. The van der Waals surface area contributed by atoms with Crippen molar-refractivity contribution >= 4 is 5.97 Å². The molecular formula is C37H65O2-. The van der Waals surface area contributed by atoms with Crippen LogP contribution in [0.5, 0.6) is 0 Å². The smallest absolute Gasteiger partial charge is 0.0448 e. The van der Waals surface area contributed by atoms with Crippen LogP contribution in [0.25, 0.3) is 0 Å². The molecule has 1 atom stereocenters. The molecule has 1 rings (SSSR count). The third-order valence-corrected chi connectivity index (χ3v) is 8.56. The first-order valence-electron chi connectivity index (χ1n) is 17.5. The summed E-state index contributed by atoms with van der Waals surface area (Å²) < 4.78 is 0. The van der Waals surface area contributed by atoms with Gasteiger partial charge in [0, 0.05) is 11.9 Å². The SMILES string of the molecule is CCCCCCCCCCCCCCCCCCCCCCCCCCCCC(Cc1ccccc1)C(=O)[O-]. The predicted octanol–water partition coefficient (Wildman–Crippen LogP) is 11.1. The van der Waals surface area contributed by atoms with Crippen molar-refractivity contribution in [2.45, 2.75) is 187 Å². The molecule has 0 aliphatic carbocycles. The molecule has 0 bridgehead atoms. The van der Waals surface area contributed by atoms with Crippen molar-refractivity contribution in [2.75, 3.05) is 0 Å². The van der Waals surface area contributed by atoms with E-state index in [2.05, 4.69) is 6.92 Å². The zero-order valence-electron chi connectivity index (χ0n) is 26.1. The van der Waals surface area contributed by atoms with Crippen LogP contribution in [0.4, 0.5) is 0 Å². The number of hydrogen-bond donors (Lipinski definition) is 0. The zero-order chi connectivity index (χ0) is 28.1. The first-order chi connectivity index (χ1) is 19.2. The molecule has 2 nitrogen and oxygen atoms in total. The van der Waals surface area contributed by atoms with Crippen LogP contribution in [0, 0.1) is 5.92 Å². The largest absolute Gasteiger partial charge is 0.550 e. The van der Waals surface area contributed by atoms with Crippen LogP contribution in [-0.4, -0.2) is 5.97 Å². The summed E-state index contributed by atoms with van der Waals surface area (Å²) >= 11 is 0. The average molecular weight is 542 g/mol. The van der Waals surface area contributed by atoms with E-state index in [4.69, 9.17) is 0 Å². The van der Waals surface area contributed by atoms with Crippen LogP contribution in [0.1, 0.15) is 186 Å². The van der Waals surface area contributed by atoms with Crippen LogP contribution >= 0.6 is 0 Å². The Balaban J connectivity index is 1.74. The summed E-state index contributed by atoms with van der Waals surface area (Å²) in [5.74, 6) is -1.24. The van der Waals surface area contributed by atoms with Gasteiger partial charge in [0.25, 0.3) is 0 Å². The summed E-state index contributed by atoms with van der Waals surface area (Å²) in [7, 11) is 0. The normalized spacial score (nSPS) is 12.1. The molecule has 0 amide bonds. The second-order valence-corrected chi connectivity index (χ2v) is 12.3. The number of rotatable bonds is 30. The standard InChI is InChI=1S/C37H66O2/c1-2-3-4-5-6-7-8-9-10-11-12-13-14-15-16-17-18-19-20-21-22-23-24-25-26-30-33-36(37(38)39)34-35-31-28-27-29-32-35/h27-29,31-32,36H,2-26,30,33-34H2,1H3,(H,38,39)/p-1. The summed E-state index contributed by atoms with van der Waals surface area (Å²) in [4.78, 5) is 11.5. The molecule has 39 heavy (non-hydrogen) atoms. The second kappa shape index (κ2) is 28.2. The summed E-state index contributed by atoms with van der Waals surface area (Å²) in [5.41, 5.74) is 1.10. The van der Waals surface area contributed by atoms with Crippen LogP contribution < -0.4 is 5.11 Å². The summed E-state index contributed by atoms with van der Waals surface area (Å²) in [6.45, 7) is 2.30. The number of benzene rings is 1. The molecule has 0 radical (unpaired) electrons. The highest BCUT2D eigenvalue weighted by Crippen LogP contribution is 2.18. The maximum atomic E-state index is 11.5. The Morgan fingerprint density at radius 1 is 0.513 bits per heavy atom. The first-order valence-corrected chi connectivity index (χ1v) is 17.5. The molecule has 1 unspecified atom stereocenters. The lowest BCUT2D eigenvalue weighted by Gasteiger charge is -2.18. The molecule has 226 valence electrons. The van der Waals surface area contributed by atoms with E-state index in [0.29, 0.717) is 6.42 Å². The lowest BCUT2D eigenvalue weighted by molar-refractivity contribution is -0.311. The molecule has 0 aliphatic heterocycles. The van der Waals surface area contributed by atoms with E-state index in [0.717, 1.165) is 24.8 Å². The quantitative estimate of drug-likeness (QED) is 0.0908. The molecule has 0 saturated heterocycles. The molecule has 0 fully saturated rings. The molecule has 0 saturated carbocycles. The monoisotopic (exact) mass is 541 g/mol. The minimum absolute atomic E-state index is 0.346. The highest BCUT2D eigenvalue weighted by Gasteiger charge is 2.10. The maximum absolute atomic E-state index is 11.5. The Bertz CT molecular complexity index is 626. The average Bonchev–Trinajstić information content (AvgIpc) is 2.94. The predicted molar refractivity (Wildman–Crippen MR) is 169 cm³/mol. The van der Waals surface area contributed by atoms with Crippen molar-refractivity contribution in [3.8, 4) is 0 Å². The molecule has 0 aromatic heterocycles. The first kappa shape index (κ1) is 35.7. The Labute approximate surface area is 244 Å². The molecule has 1 aromatic carbocycles. The Hall–Kier alpha value is -1.31. The number of carboxylic acid groups (broad SMARTS) is 1. The Morgan fingerprint density at radius 3 is 1.13 bits per heavy atom. The third kappa shape index (κ3) is 24.2. The second-order valence-electron chi connectivity index (χ2n) is 12.3.